The summed E-state index contributed by atoms with van der Waals surface area (Å²) < 4.78 is 5.13. The summed E-state index contributed by atoms with van der Waals surface area (Å²) in [6.07, 6.45) is 0.859. The molecular weight excluding hydrogens is 268 g/mol. The van der Waals surface area contributed by atoms with Crippen molar-refractivity contribution in [3.05, 3.63) is 11.7 Å². The summed E-state index contributed by atoms with van der Waals surface area (Å²) in [6.45, 7) is 8.99. The van der Waals surface area contributed by atoms with E-state index in [0.717, 1.165) is 0 Å². The zero-order valence-corrected chi connectivity index (χ0v) is 14.0. The summed E-state index contributed by atoms with van der Waals surface area (Å²) in [5.74, 6) is 1.97. The lowest BCUT2D eigenvalue weighted by atomic mass is 10.0. The van der Waals surface area contributed by atoms with Crippen LogP contribution in [0.3, 0.4) is 0 Å². The number of rotatable bonds is 8. The molecule has 6 heteroatoms. The van der Waals surface area contributed by atoms with E-state index in [0.29, 0.717) is 43.1 Å². The molecule has 1 amide bonds. The molecule has 0 saturated heterocycles. The van der Waals surface area contributed by atoms with Gasteiger partial charge in [0, 0.05) is 31.3 Å². The van der Waals surface area contributed by atoms with E-state index in [1.165, 1.54) is 0 Å². The Hall–Kier alpha value is -1.43. The Balaban J connectivity index is 2.36. The van der Waals surface area contributed by atoms with Crippen LogP contribution in [0.2, 0.25) is 0 Å². The number of amides is 1. The van der Waals surface area contributed by atoms with E-state index in [9.17, 15) is 4.79 Å². The number of hydrogen-bond acceptors (Lipinski definition) is 5. The molecule has 120 valence electrons. The van der Waals surface area contributed by atoms with Gasteiger partial charge >= 0.3 is 0 Å². The van der Waals surface area contributed by atoms with Crippen LogP contribution < -0.4 is 5.32 Å². The van der Waals surface area contributed by atoms with E-state index >= 15 is 0 Å². The van der Waals surface area contributed by atoms with Gasteiger partial charge in [0.25, 0.3) is 0 Å². The number of nitrogens with one attached hydrogen (secondary N) is 1. The van der Waals surface area contributed by atoms with Crippen molar-refractivity contribution in [2.24, 2.45) is 5.92 Å². The SMILES string of the molecule is CC(C)c1noc(CCC(=O)NC[C@H](C(C)C)N(C)C)n1. The van der Waals surface area contributed by atoms with E-state index in [1.54, 1.807) is 0 Å². The van der Waals surface area contributed by atoms with Crippen LogP contribution in [0.5, 0.6) is 0 Å². The fourth-order valence-corrected chi connectivity index (χ4v) is 2.15. The van der Waals surface area contributed by atoms with Crippen molar-refractivity contribution in [1.82, 2.24) is 20.4 Å². The molecule has 0 bridgehead atoms. The van der Waals surface area contributed by atoms with Crippen molar-refractivity contribution < 1.29 is 9.32 Å². The number of aryl methyl sites for hydroxylation is 1. The van der Waals surface area contributed by atoms with Crippen molar-refractivity contribution in [3.63, 3.8) is 0 Å². The average molecular weight is 296 g/mol. The number of hydrogen-bond donors (Lipinski definition) is 1. The maximum Gasteiger partial charge on any atom is 0.227 e. The molecule has 1 aromatic rings. The Morgan fingerprint density at radius 3 is 2.43 bits per heavy atom. The number of carbonyl (C=O) groups is 1. The van der Waals surface area contributed by atoms with Crippen molar-refractivity contribution in [2.45, 2.75) is 52.5 Å². The number of likely N-dealkylation sites (N-methyl/N-ethyl adjacent to an activating group) is 1. The minimum Gasteiger partial charge on any atom is -0.355 e. The zero-order chi connectivity index (χ0) is 16.0. The van der Waals surface area contributed by atoms with Gasteiger partial charge in [0.15, 0.2) is 5.82 Å². The maximum atomic E-state index is 11.9. The molecule has 1 N–H and O–H groups in total. The molecule has 0 unspecified atom stereocenters. The second-order valence-corrected chi connectivity index (χ2v) is 6.28. The van der Waals surface area contributed by atoms with Crippen LogP contribution in [-0.2, 0) is 11.2 Å². The molecular formula is C15H28N4O2. The van der Waals surface area contributed by atoms with E-state index in [4.69, 9.17) is 4.52 Å². The van der Waals surface area contributed by atoms with Crippen LogP contribution in [0.4, 0.5) is 0 Å². The molecule has 6 nitrogen and oxygen atoms in total. The summed E-state index contributed by atoms with van der Waals surface area (Å²) in [5, 5.41) is 6.86. The van der Waals surface area contributed by atoms with Gasteiger partial charge in [0.1, 0.15) is 0 Å². The second kappa shape index (κ2) is 8.12. The summed E-state index contributed by atoms with van der Waals surface area (Å²) in [6, 6.07) is 0.338. The van der Waals surface area contributed by atoms with E-state index in [1.807, 2.05) is 27.9 Å². The highest BCUT2D eigenvalue weighted by Crippen LogP contribution is 2.10. The van der Waals surface area contributed by atoms with Gasteiger partial charge in [0.2, 0.25) is 11.8 Å². The molecule has 0 aliphatic carbocycles. The monoisotopic (exact) mass is 296 g/mol. The van der Waals surface area contributed by atoms with Crippen LogP contribution in [0.1, 0.15) is 51.7 Å². The molecule has 0 aliphatic rings. The first-order valence-corrected chi connectivity index (χ1v) is 7.56. The first-order chi connectivity index (χ1) is 9.81. The molecule has 0 fully saturated rings. The Morgan fingerprint density at radius 1 is 1.29 bits per heavy atom. The Labute approximate surface area is 127 Å². The summed E-state index contributed by atoms with van der Waals surface area (Å²) in [7, 11) is 4.06. The predicted molar refractivity (Wildman–Crippen MR) is 82.0 cm³/mol. The minimum atomic E-state index is 0.0202. The number of aromatic nitrogens is 2. The molecule has 0 spiro atoms. The van der Waals surface area contributed by atoms with Crippen molar-refractivity contribution in [3.8, 4) is 0 Å². The third kappa shape index (κ3) is 5.83. The van der Waals surface area contributed by atoms with Crippen molar-refractivity contribution >= 4 is 5.91 Å². The molecule has 0 aromatic carbocycles. The highest BCUT2D eigenvalue weighted by Gasteiger charge is 2.17. The fraction of sp³-hybridized carbons (Fsp3) is 0.800. The van der Waals surface area contributed by atoms with Crippen LogP contribution >= 0.6 is 0 Å². The van der Waals surface area contributed by atoms with Crippen molar-refractivity contribution in [1.29, 1.82) is 0 Å². The topological polar surface area (TPSA) is 71.3 Å². The van der Waals surface area contributed by atoms with Crippen LogP contribution in [-0.4, -0.2) is 47.6 Å². The van der Waals surface area contributed by atoms with Gasteiger partial charge in [-0.1, -0.05) is 32.9 Å². The highest BCUT2D eigenvalue weighted by molar-refractivity contribution is 5.76. The van der Waals surface area contributed by atoms with E-state index in [2.05, 4.69) is 34.2 Å². The molecule has 1 rings (SSSR count). The van der Waals surface area contributed by atoms with Gasteiger partial charge in [-0.05, 0) is 20.0 Å². The number of nitrogens with zero attached hydrogens (tertiary/aromatic N) is 3. The van der Waals surface area contributed by atoms with Crippen LogP contribution in [0.25, 0.3) is 0 Å². The van der Waals surface area contributed by atoms with Gasteiger partial charge in [-0.2, -0.15) is 4.98 Å². The largest absolute Gasteiger partial charge is 0.355 e. The molecule has 0 aliphatic heterocycles. The molecule has 1 heterocycles. The highest BCUT2D eigenvalue weighted by atomic mass is 16.5. The average Bonchev–Trinajstić information content (AvgIpc) is 2.84. The Kier molecular flexibility index (Phi) is 6.81. The standard InChI is InChI=1S/C15H28N4O2/c1-10(2)12(19(5)6)9-16-13(20)7-8-14-17-15(11(3)4)18-21-14/h10-12H,7-9H2,1-6H3,(H,16,20)/t12-/m1/s1. The lowest BCUT2D eigenvalue weighted by molar-refractivity contribution is -0.121. The molecule has 1 aromatic heterocycles. The third-order valence-corrected chi connectivity index (χ3v) is 3.51. The first-order valence-electron chi connectivity index (χ1n) is 7.56. The van der Waals surface area contributed by atoms with E-state index < -0.39 is 0 Å². The third-order valence-electron chi connectivity index (χ3n) is 3.51. The zero-order valence-electron chi connectivity index (χ0n) is 14.0. The fourth-order valence-electron chi connectivity index (χ4n) is 2.15. The minimum absolute atomic E-state index is 0.0202. The Bertz CT molecular complexity index is 433. The normalized spacial score (nSPS) is 13.2. The van der Waals surface area contributed by atoms with Gasteiger partial charge in [0.05, 0.1) is 0 Å². The van der Waals surface area contributed by atoms with Crippen molar-refractivity contribution in [2.75, 3.05) is 20.6 Å². The molecule has 0 saturated carbocycles. The van der Waals surface area contributed by atoms with Crippen LogP contribution in [0.15, 0.2) is 4.52 Å². The van der Waals surface area contributed by atoms with Gasteiger partial charge < -0.3 is 14.7 Å². The summed E-state index contributed by atoms with van der Waals surface area (Å²) >= 11 is 0. The molecule has 21 heavy (non-hydrogen) atoms. The lowest BCUT2D eigenvalue weighted by Crippen LogP contribution is -2.43. The number of carbonyl (C=O) groups excluding carboxylic acids is 1. The summed E-state index contributed by atoms with van der Waals surface area (Å²) in [5.41, 5.74) is 0. The smallest absolute Gasteiger partial charge is 0.227 e. The molecule has 1 atom stereocenters. The van der Waals surface area contributed by atoms with E-state index in [-0.39, 0.29) is 11.8 Å². The predicted octanol–water partition coefficient (Wildman–Crippen LogP) is 1.83. The lowest BCUT2D eigenvalue weighted by Gasteiger charge is -2.28. The van der Waals surface area contributed by atoms with Gasteiger partial charge in [-0.15, -0.1) is 0 Å². The first kappa shape index (κ1) is 17.6. The van der Waals surface area contributed by atoms with Crippen LogP contribution in [0, 0.1) is 5.92 Å². The maximum absolute atomic E-state index is 11.9. The quantitative estimate of drug-likeness (QED) is 0.792. The molecule has 0 radical (unpaired) electrons. The second-order valence-electron chi connectivity index (χ2n) is 6.28. The Morgan fingerprint density at radius 2 is 1.95 bits per heavy atom. The van der Waals surface area contributed by atoms with Gasteiger partial charge in [-0.3, -0.25) is 4.79 Å². The van der Waals surface area contributed by atoms with Gasteiger partial charge in [-0.25, -0.2) is 0 Å². The summed E-state index contributed by atoms with van der Waals surface area (Å²) in [4.78, 5) is 18.3.